The van der Waals surface area contributed by atoms with E-state index in [2.05, 4.69) is 27.0 Å². The molecule has 3 aromatic rings. The average Bonchev–Trinajstić information content (AvgIpc) is 3.05. The van der Waals surface area contributed by atoms with E-state index >= 15 is 0 Å². The van der Waals surface area contributed by atoms with Gasteiger partial charge in [0.25, 0.3) is 5.91 Å². The molecule has 3 N–H and O–H groups in total. The monoisotopic (exact) mass is 434 g/mol. The summed E-state index contributed by atoms with van der Waals surface area (Å²) in [5.41, 5.74) is 6.56. The molecule has 0 bridgehead atoms. The highest BCUT2D eigenvalue weighted by atomic mass is 35.5. The molecule has 160 valence electrons. The average molecular weight is 435 g/mol. The van der Waals surface area contributed by atoms with Crippen molar-refractivity contribution in [1.29, 1.82) is 0 Å². The van der Waals surface area contributed by atoms with Gasteiger partial charge in [-0.25, -0.2) is 0 Å². The number of rotatable bonds is 7. The fourth-order valence-electron chi connectivity index (χ4n) is 3.87. The summed E-state index contributed by atoms with van der Waals surface area (Å²) in [5, 5.41) is 10.7. The Morgan fingerprint density at radius 2 is 1.87 bits per heavy atom. The molecule has 0 unspecified atom stereocenters. The molecule has 0 saturated carbocycles. The van der Waals surface area contributed by atoms with Crippen LogP contribution in [0.15, 0.2) is 60.9 Å². The molecule has 2 heterocycles. The van der Waals surface area contributed by atoms with Gasteiger partial charge in [0, 0.05) is 31.0 Å². The fourth-order valence-corrected chi connectivity index (χ4v) is 4.11. The zero-order valence-corrected chi connectivity index (χ0v) is 18.2. The molecule has 1 aliphatic heterocycles. The zero-order valence-electron chi connectivity index (χ0n) is 17.5. The lowest BCUT2D eigenvalue weighted by Gasteiger charge is -2.16. The number of hydrogen-bond donors (Lipinski definition) is 3. The number of amides is 1. The Morgan fingerprint density at radius 1 is 1.03 bits per heavy atom. The number of nitrogens with one attached hydrogen (secondary N) is 3. The third-order valence-electron chi connectivity index (χ3n) is 5.59. The number of pyridine rings is 1. The van der Waals surface area contributed by atoms with Gasteiger partial charge in [-0.1, -0.05) is 35.9 Å². The first-order valence-electron chi connectivity index (χ1n) is 10.7. The Labute approximate surface area is 188 Å². The molecule has 2 aromatic carbocycles. The van der Waals surface area contributed by atoms with Crippen LogP contribution in [0.1, 0.15) is 32.6 Å². The quantitative estimate of drug-likeness (QED) is 0.525. The lowest BCUT2D eigenvalue weighted by molar-refractivity contribution is 0.0954. The van der Waals surface area contributed by atoms with Gasteiger partial charge < -0.3 is 16.0 Å². The van der Waals surface area contributed by atoms with Crippen molar-refractivity contribution in [2.75, 3.05) is 25.0 Å². The van der Waals surface area contributed by atoms with Gasteiger partial charge in [-0.15, -0.1) is 0 Å². The van der Waals surface area contributed by atoms with Crippen molar-refractivity contribution in [2.45, 2.75) is 25.8 Å². The Hall–Kier alpha value is -2.89. The number of aromatic nitrogens is 1. The molecule has 0 aliphatic carbocycles. The summed E-state index contributed by atoms with van der Waals surface area (Å²) in [6, 6.07) is 15.7. The second-order valence-electron chi connectivity index (χ2n) is 7.73. The fraction of sp³-hybridized carbons (Fsp3) is 0.280. The molecule has 0 radical (unpaired) electrons. The summed E-state index contributed by atoms with van der Waals surface area (Å²) < 4.78 is 0. The van der Waals surface area contributed by atoms with Crippen LogP contribution >= 0.6 is 11.6 Å². The van der Waals surface area contributed by atoms with Crippen molar-refractivity contribution in [1.82, 2.24) is 15.6 Å². The van der Waals surface area contributed by atoms with Gasteiger partial charge in [0.15, 0.2) is 0 Å². The summed E-state index contributed by atoms with van der Waals surface area (Å²) in [4.78, 5) is 16.5. The summed E-state index contributed by atoms with van der Waals surface area (Å²) in [6.07, 6.45) is 6.32. The van der Waals surface area contributed by atoms with E-state index in [-0.39, 0.29) is 5.91 Å². The Morgan fingerprint density at radius 3 is 2.68 bits per heavy atom. The maximum Gasteiger partial charge on any atom is 0.251 e. The van der Waals surface area contributed by atoms with Crippen molar-refractivity contribution in [2.24, 2.45) is 0 Å². The number of hydrogen-bond acceptors (Lipinski definition) is 4. The van der Waals surface area contributed by atoms with E-state index in [0.717, 1.165) is 54.2 Å². The van der Waals surface area contributed by atoms with Crippen LogP contribution in [0.5, 0.6) is 0 Å². The number of carbonyl (C=O) groups excluding carboxylic acids is 1. The van der Waals surface area contributed by atoms with Crippen molar-refractivity contribution in [3.63, 3.8) is 0 Å². The van der Waals surface area contributed by atoms with E-state index in [4.69, 9.17) is 11.6 Å². The van der Waals surface area contributed by atoms with Gasteiger partial charge in [-0.2, -0.15) is 0 Å². The predicted molar refractivity (Wildman–Crippen MR) is 126 cm³/mol. The smallest absolute Gasteiger partial charge is 0.251 e. The molecule has 31 heavy (non-hydrogen) atoms. The number of fused-ring (bicyclic) bond motifs is 1. The molecular formula is C25H27ClN4O. The maximum atomic E-state index is 12.4. The summed E-state index contributed by atoms with van der Waals surface area (Å²) in [6.45, 7) is 3.21. The van der Waals surface area contributed by atoms with E-state index < -0.39 is 0 Å². The van der Waals surface area contributed by atoms with Gasteiger partial charge >= 0.3 is 0 Å². The van der Waals surface area contributed by atoms with Crippen LogP contribution in [0, 0.1) is 0 Å². The van der Waals surface area contributed by atoms with E-state index in [1.54, 1.807) is 6.20 Å². The minimum atomic E-state index is -0.0627. The minimum absolute atomic E-state index is 0.0627. The Balaban J connectivity index is 1.33. The molecule has 0 atom stereocenters. The van der Waals surface area contributed by atoms with Crippen LogP contribution in [-0.4, -0.2) is 30.5 Å². The van der Waals surface area contributed by atoms with Gasteiger partial charge in [-0.3, -0.25) is 9.78 Å². The number of anilines is 1. The molecule has 6 heteroatoms. The van der Waals surface area contributed by atoms with Crippen molar-refractivity contribution in [3.05, 3.63) is 93.8 Å². The van der Waals surface area contributed by atoms with Crippen LogP contribution in [0.3, 0.4) is 0 Å². The van der Waals surface area contributed by atoms with Gasteiger partial charge in [0.05, 0.1) is 10.7 Å². The van der Waals surface area contributed by atoms with Gasteiger partial charge in [-0.05, 0) is 78.9 Å². The molecule has 0 saturated heterocycles. The first-order chi connectivity index (χ1) is 15.2. The van der Waals surface area contributed by atoms with Gasteiger partial charge in [0.1, 0.15) is 0 Å². The zero-order chi connectivity index (χ0) is 21.5. The normalized spacial score (nSPS) is 13.2. The number of nitrogens with zero attached hydrogens (tertiary/aromatic N) is 1. The molecule has 4 rings (SSSR count). The lowest BCUT2D eigenvalue weighted by atomic mass is 10.0. The van der Waals surface area contributed by atoms with Crippen LogP contribution in [-0.2, 0) is 25.8 Å². The topological polar surface area (TPSA) is 66.0 Å². The highest BCUT2D eigenvalue weighted by molar-refractivity contribution is 6.33. The maximum absolute atomic E-state index is 12.4. The first-order valence-corrected chi connectivity index (χ1v) is 11.1. The molecule has 0 spiro atoms. The SMILES string of the molecule is O=C(NCCc1cccnc1)c1ccc(CNc2c(Cl)ccc3c2CCNCC3)cc1. The summed E-state index contributed by atoms with van der Waals surface area (Å²) in [5.74, 6) is -0.0627. The lowest BCUT2D eigenvalue weighted by Crippen LogP contribution is -2.25. The van der Waals surface area contributed by atoms with Crippen molar-refractivity contribution in [3.8, 4) is 0 Å². The van der Waals surface area contributed by atoms with Crippen LogP contribution in [0.2, 0.25) is 5.02 Å². The van der Waals surface area contributed by atoms with Crippen LogP contribution in [0.25, 0.3) is 0 Å². The van der Waals surface area contributed by atoms with E-state index in [0.29, 0.717) is 18.7 Å². The standard InChI is InChI=1S/C25H27ClN4O/c26-23-8-7-20-10-13-27-14-11-22(20)24(23)30-17-19-3-5-21(6-4-19)25(31)29-15-9-18-2-1-12-28-16-18/h1-8,12,16,27,30H,9-11,13-15,17H2,(H,29,31). The molecule has 1 aliphatic rings. The third kappa shape index (κ3) is 5.63. The summed E-state index contributed by atoms with van der Waals surface area (Å²) in [7, 11) is 0. The third-order valence-corrected chi connectivity index (χ3v) is 5.90. The number of carbonyl (C=O) groups is 1. The molecule has 0 fully saturated rings. The van der Waals surface area contributed by atoms with Crippen molar-refractivity contribution < 1.29 is 4.79 Å². The largest absolute Gasteiger partial charge is 0.380 e. The molecular weight excluding hydrogens is 408 g/mol. The van der Waals surface area contributed by atoms with Crippen molar-refractivity contribution >= 4 is 23.2 Å². The number of benzene rings is 2. The first kappa shape index (κ1) is 21.3. The minimum Gasteiger partial charge on any atom is -0.380 e. The van der Waals surface area contributed by atoms with Gasteiger partial charge in [0.2, 0.25) is 0 Å². The second-order valence-corrected chi connectivity index (χ2v) is 8.13. The summed E-state index contributed by atoms with van der Waals surface area (Å²) >= 11 is 6.50. The number of halogens is 1. The molecule has 1 amide bonds. The van der Waals surface area contributed by atoms with E-state index in [9.17, 15) is 4.79 Å². The predicted octanol–water partition coefficient (Wildman–Crippen LogP) is 4.01. The molecule has 5 nitrogen and oxygen atoms in total. The highest BCUT2D eigenvalue weighted by Gasteiger charge is 2.14. The van der Waals surface area contributed by atoms with Crippen LogP contribution < -0.4 is 16.0 Å². The highest BCUT2D eigenvalue weighted by Crippen LogP contribution is 2.31. The van der Waals surface area contributed by atoms with Crippen LogP contribution in [0.4, 0.5) is 5.69 Å². The Bertz CT molecular complexity index is 1020. The second kappa shape index (κ2) is 10.4. The Kier molecular flexibility index (Phi) is 7.18. The van der Waals surface area contributed by atoms with E-state index in [1.165, 1.54) is 11.1 Å². The molecule has 1 aromatic heterocycles. The van der Waals surface area contributed by atoms with E-state index in [1.807, 2.05) is 48.7 Å².